The van der Waals surface area contributed by atoms with Crippen LogP contribution in [0.2, 0.25) is 0 Å². The van der Waals surface area contributed by atoms with Crippen LogP contribution in [0.15, 0.2) is 12.4 Å². The lowest BCUT2D eigenvalue weighted by Gasteiger charge is -2.32. The molecule has 6 nitrogen and oxygen atoms in total. The van der Waals surface area contributed by atoms with Crippen LogP contribution in [0.25, 0.3) is 10.2 Å². The smallest absolute Gasteiger partial charge is 0.242 e. The average Bonchev–Trinajstić information content (AvgIpc) is 2.86. The van der Waals surface area contributed by atoms with Crippen molar-refractivity contribution in [1.82, 2.24) is 19.8 Å². The number of aromatic nitrogens is 2. The third kappa shape index (κ3) is 3.14. The van der Waals surface area contributed by atoms with Crippen LogP contribution in [-0.4, -0.2) is 65.4 Å². The van der Waals surface area contributed by atoms with E-state index >= 15 is 0 Å². The van der Waals surface area contributed by atoms with Crippen molar-refractivity contribution in [2.24, 2.45) is 0 Å². The highest BCUT2D eigenvalue weighted by atomic mass is 32.1. The average molecular weight is 305 g/mol. The lowest BCUT2D eigenvalue weighted by molar-refractivity contribution is -0.130. The summed E-state index contributed by atoms with van der Waals surface area (Å²) in [5.74, 6) is 0.869. The fourth-order valence-corrected chi connectivity index (χ4v) is 3.29. The summed E-state index contributed by atoms with van der Waals surface area (Å²) in [5, 5.41) is 4.15. The van der Waals surface area contributed by atoms with Gasteiger partial charge in [0.25, 0.3) is 0 Å². The summed E-state index contributed by atoms with van der Waals surface area (Å²) in [6, 6.07) is 2.06. The lowest BCUT2D eigenvalue weighted by atomic mass is 10.3. The lowest BCUT2D eigenvalue weighted by Crippen LogP contribution is -2.48. The molecule has 0 bridgehead atoms. The third-order valence-corrected chi connectivity index (χ3v) is 4.67. The molecule has 2 aromatic heterocycles. The summed E-state index contributed by atoms with van der Waals surface area (Å²) in [4.78, 5) is 27.0. The molecule has 0 atom stereocenters. The number of anilines is 1. The number of aryl methyl sites for hydroxylation is 1. The fourth-order valence-electron chi connectivity index (χ4n) is 2.44. The third-order valence-electron chi connectivity index (χ3n) is 3.72. The number of thiophene rings is 1. The Morgan fingerprint density at radius 2 is 2.10 bits per heavy atom. The highest BCUT2D eigenvalue weighted by molar-refractivity contribution is 7.18. The predicted molar refractivity (Wildman–Crippen MR) is 84.7 cm³/mol. The Hall–Kier alpha value is -1.73. The Balaban J connectivity index is 1.65. The number of nitrogens with one attached hydrogen (secondary N) is 1. The highest BCUT2D eigenvalue weighted by Crippen LogP contribution is 2.27. The first-order valence-corrected chi connectivity index (χ1v) is 7.86. The number of amides is 1. The van der Waals surface area contributed by atoms with E-state index in [0.29, 0.717) is 0 Å². The van der Waals surface area contributed by atoms with Crippen LogP contribution < -0.4 is 5.32 Å². The van der Waals surface area contributed by atoms with Crippen molar-refractivity contribution in [3.05, 3.63) is 17.3 Å². The van der Waals surface area contributed by atoms with E-state index in [4.69, 9.17) is 0 Å². The van der Waals surface area contributed by atoms with E-state index in [-0.39, 0.29) is 12.5 Å². The van der Waals surface area contributed by atoms with E-state index in [0.717, 1.165) is 42.2 Å². The van der Waals surface area contributed by atoms with Crippen LogP contribution in [0.5, 0.6) is 0 Å². The van der Waals surface area contributed by atoms with Crippen molar-refractivity contribution in [3.63, 3.8) is 0 Å². The quantitative estimate of drug-likeness (QED) is 0.923. The molecule has 0 spiro atoms. The first-order valence-electron chi connectivity index (χ1n) is 7.05. The normalized spacial score (nSPS) is 16.4. The van der Waals surface area contributed by atoms with Gasteiger partial charge in [0.1, 0.15) is 17.0 Å². The Kier molecular flexibility index (Phi) is 4.03. The number of nitrogens with zero attached hydrogens (tertiary/aromatic N) is 4. The molecule has 2 aromatic rings. The van der Waals surface area contributed by atoms with Crippen molar-refractivity contribution in [2.75, 3.05) is 45.1 Å². The molecular weight excluding hydrogens is 286 g/mol. The van der Waals surface area contributed by atoms with Crippen molar-refractivity contribution < 1.29 is 4.79 Å². The molecule has 1 saturated heterocycles. The summed E-state index contributed by atoms with van der Waals surface area (Å²) < 4.78 is 0. The molecule has 1 fully saturated rings. The second kappa shape index (κ2) is 5.95. The van der Waals surface area contributed by atoms with Gasteiger partial charge in [0.15, 0.2) is 0 Å². The maximum atomic E-state index is 12.2. The fraction of sp³-hybridized carbons (Fsp3) is 0.500. The number of fused-ring (bicyclic) bond motifs is 1. The van der Waals surface area contributed by atoms with Crippen molar-refractivity contribution in [3.8, 4) is 0 Å². The van der Waals surface area contributed by atoms with Gasteiger partial charge < -0.3 is 15.1 Å². The largest absolute Gasteiger partial charge is 0.360 e. The van der Waals surface area contributed by atoms with E-state index in [1.165, 1.54) is 4.88 Å². The molecule has 0 saturated carbocycles. The van der Waals surface area contributed by atoms with E-state index < -0.39 is 0 Å². The molecule has 0 aliphatic carbocycles. The minimum absolute atomic E-state index is 0.127. The zero-order valence-electron chi connectivity index (χ0n) is 12.3. The number of carbonyl (C=O) groups excluding carboxylic acids is 1. The molecule has 21 heavy (non-hydrogen) atoms. The molecule has 0 radical (unpaired) electrons. The van der Waals surface area contributed by atoms with Gasteiger partial charge in [-0.2, -0.15) is 0 Å². The highest BCUT2D eigenvalue weighted by Gasteiger charge is 2.19. The molecule has 1 aliphatic rings. The van der Waals surface area contributed by atoms with Crippen LogP contribution in [0.4, 0.5) is 5.82 Å². The molecule has 3 rings (SSSR count). The molecular formula is C14H19N5OS. The van der Waals surface area contributed by atoms with Crippen LogP contribution in [0.1, 0.15) is 4.88 Å². The zero-order valence-corrected chi connectivity index (χ0v) is 13.1. The number of hydrogen-bond acceptors (Lipinski definition) is 6. The summed E-state index contributed by atoms with van der Waals surface area (Å²) in [7, 11) is 2.08. The van der Waals surface area contributed by atoms with Gasteiger partial charge in [0, 0.05) is 31.1 Å². The second-order valence-corrected chi connectivity index (χ2v) is 6.57. The van der Waals surface area contributed by atoms with Crippen LogP contribution in [-0.2, 0) is 4.79 Å². The van der Waals surface area contributed by atoms with Gasteiger partial charge in [0.05, 0.1) is 11.9 Å². The SMILES string of the molecule is Cc1cc2c(NCC(=O)N3CCN(C)CC3)ncnc2s1. The van der Waals surface area contributed by atoms with E-state index in [2.05, 4.69) is 33.3 Å². The summed E-state index contributed by atoms with van der Waals surface area (Å²) in [5.41, 5.74) is 0. The zero-order chi connectivity index (χ0) is 14.8. The molecule has 1 N–H and O–H groups in total. The Labute approximate surface area is 127 Å². The molecule has 0 unspecified atom stereocenters. The van der Waals surface area contributed by atoms with Gasteiger partial charge in [-0.15, -0.1) is 11.3 Å². The molecule has 112 valence electrons. The van der Waals surface area contributed by atoms with Crippen molar-refractivity contribution in [2.45, 2.75) is 6.92 Å². The number of carbonyl (C=O) groups is 1. The Morgan fingerprint density at radius 1 is 1.33 bits per heavy atom. The first-order chi connectivity index (χ1) is 10.1. The van der Waals surface area contributed by atoms with Crippen molar-refractivity contribution >= 4 is 33.3 Å². The van der Waals surface area contributed by atoms with Gasteiger partial charge >= 0.3 is 0 Å². The van der Waals surface area contributed by atoms with Gasteiger partial charge in [-0.25, -0.2) is 9.97 Å². The predicted octanol–water partition coefficient (Wildman–Crippen LogP) is 1.19. The number of rotatable bonds is 3. The Bertz CT molecular complexity index is 648. The number of likely N-dealkylation sites (N-methyl/N-ethyl adjacent to an activating group) is 1. The summed E-state index contributed by atoms with van der Waals surface area (Å²) in [6.45, 7) is 5.80. The van der Waals surface area contributed by atoms with E-state index in [1.807, 2.05) is 11.8 Å². The maximum absolute atomic E-state index is 12.2. The van der Waals surface area contributed by atoms with Crippen LogP contribution >= 0.6 is 11.3 Å². The Morgan fingerprint density at radius 3 is 2.86 bits per heavy atom. The molecule has 0 aromatic carbocycles. The van der Waals surface area contributed by atoms with Gasteiger partial charge in [-0.05, 0) is 20.0 Å². The number of piperazine rings is 1. The molecule has 1 aliphatic heterocycles. The van der Waals surface area contributed by atoms with Gasteiger partial charge in [0.2, 0.25) is 5.91 Å². The molecule has 1 amide bonds. The first kappa shape index (κ1) is 14.2. The summed E-state index contributed by atoms with van der Waals surface area (Å²) in [6.07, 6.45) is 1.54. The maximum Gasteiger partial charge on any atom is 0.242 e. The molecule has 3 heterocycles. The monoisotopic (exact) mass is 305 g/mol. The van der Waals surface area contributed by atoms with E-state index in [1.54, 1.807) is 17.7 Å². The minimum atomic E-state index is 0.127. The van der Waals surface area contributed by atoms with Crippen LogP contribution in [0, 0.1) is 6.92 Å². The van der Waals surface area contributed by atoms with E-state index in [9.17, 15) is 4.79 Å². The second-order valence-electron chi connectivity index (χ2n) is 5.34. The minimum Gasteiger partial charge on any atom is -0.360 e. The summed E-state index contributed by atoms with van der Waals surface area (Å²) >= 11 is 1.64. The van der Waals surface area contributed by atoms with Crippen molar-refractivity contribution in [1.29, 1.82) is 0 Å². The molecule has 7 heteroatoms. The number of hydrogen-bond donors (Lipinski definition) is 1. The van der Waals surface area contributed by atoms with Gasteiger partial charge in [-0.1, -0.05) is 0 Å². The van der Waals surface area contributed by atoms with Gasteiger partial charge in [-0.3, -0.25) is 4.79 Å². The van der Waals surface area contributed by atoms with Crippen LogP contribution in [0.3, 0.4) is 0 Å². The standard InChI is InChI=1S/C14H19N5OS/c1-10-7-11-13(16-9-17-14(11)21-10)15-8-12(20)19-5-3-18(2)4-6-19/h7,9H,3-6,8H2,1-2H3,(H,15,16,17). The topological polar surface area (TPSA) is 61.4 Å².